The topological polar surface area (TPSA) is 64.0 Å². The molecule has 1 amide bonds. The van der Waals surface area contributed by atoms with Crippen LogP contribution in [0.15, 0.2) is 22.4 Å². The summed E-state index contributed by atoms with van der Waals surface area (Å²) >= 11 is 3.47. The molecule has 23 heavy (non-hydrogen) atoms. The highest BCUT2D eigenvalue weighted by Crippen LogP contribution is 2.45. The van der Waals surface area contributed by atoms with Crippen LogP contribution in [-0.4, -0.2) is 51.9 Å². The van der Waals surface area contributed by atoms with E-state index < -0.39 is 5.54 Å². The number of halogens is 1. The predicted octanol–water partition coefficient (Wildman–Crippen LogP) is 3.03. The fourth-order valence-corrected chi connectivity index (χ4v) is 4.51. The number of aryl methyl sites for hydroxylation is 2. The van der Waals surface area contributed by atoms with Crippen molar-refractivity contribution in [3.05, 3.63) is 39.1 Å². The van der Waals surface area contributed by atoms with Crippen LogP contribution >= 0.6 is 15.9 Å². The lowest BCUT2D eigenvalue weighted by molar-refractivity contribution is -0.141. The second-order valence-corrected chi connectivity index (χ2v) is 7.40. The van der Waals surface area contributed by atoms with Gasteiger partial charge in [0.1, 0.15) is 11.3 Å². The summed E-state index contributed by atoms with van der Waals surface area (Å²) in [6, 6.07) is 3.91. The first kappa shape index (κ1) is 16.5. The molecule has 6 heteroatoms. The lowest BCUT2D eigenvalue weighted by atomic mass is 9.84. The van der Waals surface area contributed by atoms with E-state index in [4.69, 9.17) is 0 Å². The van der Waals surface area contributed by atoms with Crippen molar-refractivity contribution >= 4 is 27.4 Å². The Morgan fingerprint density at radius 3 is 2.22 bits per heavy atom. The molecule has 0 aromatic heterocycles. The SMILES string of the molecule is Cc1cc(Br)cc(C)c1C1=C(O)C2(CCN(O)CC2)N(C)C1=O. The number of hydrogen-bond donors (Lipinski definition) is 2. The van der Waals surface area contributed by atoms with E-state index in [1.165, 1.54) is 5.06 Å². The van der Waals surface area contributed by atoms with Crippen LogP contribution in [0.25, 0.3) is 5.57 Å². The summed E-state index contributed by atoms with van der Waals surface area (Å²) in [7, 11) is 1.74. The van der Waals surface area contributed by atoms with Crippen LogP contribution in [0.2, 0.25) is 0 Å². The van der Waals surface area contributed by atoms with E-state index in [-0.39, 0.29) is 11.7 Å². The molecule has 0 atom stereocenters. The van der Waals surface area contributed by atoms with Gasteiger partial charge in [0.05, 0.1) is 5.57 Å². The van der Waals surface area contributed by atoms with Crippen molar-refractivity contribution in [2.45, 2.75) is 32.2 Å². The number of likely N-dealkylation sites (N-methyl/N-ethyl adjacent to an activating group) is 1. The molecular weight excluding hydrogens is 360 g/mol. The maximum absolute atomic E-state index is 12.9. The molecular formula is C17H21BrN2O3. The van der Waals surface area contributed by atoms with Crippen LogP contribution in [0.1, 0.15) is 29.5 Å². The number of carbonyl (C=O) groups is 1. The Morgan fingerprint density at radius 2 is 1.70 bits per heavy atom. The summed E-state index contributed by atoms with van der Waals surface area (Å²) in [6.07, 6.45) is 1.05. The quantitative estimate of drug-likeness (QED) is 0.785. The molecule has 2 aliphatic heterocycles. The van der Waals surface area contributed by atoms with Crippen LogP contribution in [0.3, 0.4) is 0 Å². The minimum atomic E-state index is -0.697. The lowest BCUT2D eigenvalue weighted by Gasteiger charge is -2.41. The first-order valence-electron chi connectivity index (χ1n) is 7.71. The predicted molar refractivity (Wildman–Crippen MR) is 91.3 cm³/mol. The largest absolute Gasteiger partial charge is 0.509 e. The zero-order valence-corrected chi connectivity index (χ0v) is 15.1. The fourth-order valence-electron chi connectivity index (χ4n) is 3.82. The molecule has 1 saturated heterocycles. The Kier molecular flexibility index (Phi) is 4.02. The third-order valence-electron chi connectivity index (χ3n) is 5.15. The molecule has 2 N–H and O–H groups in total. The van der Waals surface area contributed by atoms with Gasteiger partial charge in [0.15, 0.2) is 0 Å². The van der Waals surface area contributed by atoms with Gasteiger partial charge in [-0.15, -0.1) is 0 Å². The molecule has 2 aliphatic rings. The number of benzene rings is 1. The van der Waals surface area contributed by atoms with Gasteiger partial charge in [0.2, 0.25) is 0 Å². The van der Waals surface area contributed by atoms with Gasteiger partial charge in [-0.25, -0.2) is 0 Å². The third-order valence-corrected chi connectivity index (χ3v) is 5.61. The lowest BCUT2D eigenvalue weighted by Crippen LogP contribution is -2.53. The summed E-state index contributed by atoms with van der Waals surface area (Å²) in [5, 5.41) is 21.8. The van der Waals surface area contributed by atoms with Crippen LogP contribution in [0, 0.1) is 13.8 Å². The summed E-state index contributed by atoms with van der Waals surface area (Å²) < 4.78 is 0.957. The molecule has 124 valence electrons. The number of aliphatic hydroxyl groups excluding tert-OH is 1. The minimum absolute atomic E-state index is 0.145. The molecule has 3 rings (SSSR count). The van der Waals surface area contributed by atoms with Crippen molar-refractivity contribution in [3.63, 3.8) is 0 Å². The highest BCUT2D eigenvalue weighted by Gasteiger charge is 2.52. The second kappa shape index (κ2) is 5.61. The van der Waals surface area contributed by atoms with Crippen molar-refractivity contribution in [1.29, 1.82) is 0 Å². The number of aliphatic hydroxyl groups is 1. The monoisotopic (exact) mass is 380 g/mol. The van der Waals surface area contributed by atoms with E-state index in [9.17, 15) is 15.1 Å². The van der Waals surface area contributed by atoms with Crippen molar-refractivity contribution in [3.8, 4) is 0 Å². The normalized spacial score (nSPS) is 21.6. The smallest absolute Gasteiger partial charge is 0.258 e. The van der Waals surface area contributed by atoms with Gasteiger partial charge >= 0.3 is 0 Å². The summed E-state index contributed by atoms with van der Waals surface area (Å²) in [5.41, 5.74) is 2.43. The molecule has 1 fully saturated rings. The second-order valence-electron chi connectivity index (χ2n) is 6.49. The fraction of sp³-hybridized carbons (Fsp3) is 0.471. The van der Waals surface area contributed by atoms with Crippen LogP contribution in [0.4, 0.5) is 0 Å². The molecule has 0 bridgehead atoms. The van der Waals surface area contributed by atoms with Crippen molar-refractivity contribution in [1.82, 2.24) is 9.96 Å². The van der Waals surface area contributed by atoms with Gasteiger partial charge < -0.3 is 15.2 Å². The molecule has 1 aromatic carbocycles. The van der Waals surface area contributed by atoms with Crippen molar-refractivity contribution in [2.24, 2.45) is 0 Å². The first-order valence-corrected chi connectivity index (χ1v) is 8.50. The van der Waals surface area contributed by atoms with Crippen molar-refractivity contribution in [2.75, 3.05) is 20.1 Å². The zero-order valence-electron chi connectivity index (χ0n) is 13.6. The molecule has 0 unspecified atom stereocenters. The number of carbonyl (C=O) groups excluding carboxylic acids is 1. The highest BCUT2D eigenvalue weighted by atomic mass is 79.9. The van der Waals surface area contributed by atoms with E-state index in [1.54, 1.807) is 11.9 Å². The van der Waals surface area contributed by atoms with Gasteiger partial charge in [-0.3, -0.25) is 4.79 Å². The number of amides is 1. The van der Waals surface area contributed by atoms with E-state index in [0.29, 0.717) is 31.5 Å². The van der Waals surface area contributed by atoms with Gasteiger partial charge in [0.25, 0.3) is 5.91 Å². The van der Waals surface area contributed by atoms with Crippen molar-refractivity contribution < 1.29 is 15.1 Å². The van der Waals surface area contributed by atoms with E-state index >= 15 is 0 Å². The van der Waals surface area contributed by atoms with Gasteiger partial charge in [-0.1, -0.05) is 15.9 Å². The molecule has 0 radical (unpaired) electrons. The van der Waals surface area contributed by atoms with E-state index in [1.807, 2.05) is 26.0 Å². The maximum Gasteiger partial charge on any atom is 0.258 e. The minimum Gasteiger partial charge on any atom is -0.509 e. The highest BCUT2D eigenvalue weighted by molar-refractivity contribution is 9.10. The third kappa shape index (κ3) is 2.40. The average Bonchev–Trinajstić information content (AvgIpc) is 2.65. The van der Waals surface area contributed by atoms with E-state index in [0.717, 1.165) is 21.2 Å². The number of nitrogens with zero attached hydrogens (tertiary/aromatic N) is 2. The van der Waals surface area contributed by atoms with Gasteiger partial charge in [0, 0.05) is 24.6 Å². The Hall–Kier alpha value is -1.37. The summed E-state index contributed by atoms with van der Waals surface area (Å²) in [5.74, 6) is -0.00552. The number of hydrogen-bond acceptors (Lipinski definition) is 4. The van der Waals surface area contributed by atoms with Gasteiger partial charge in [-0.2, -0.15) is 5.06 Å². The molecule has 5 nitrogen and oxygen atoms in total. The molecule has 0 aliphatic carbocycles. The summed E-state index contributed by atoms with van der Waals surface area (Å²) in [4.78, 5) is 14.5. The Bertz CT molecular complexity index is 683. The van der Waals surface area contributed by atoms with E-state index in [2.05, 4.69) is 15.9 Å². The zero-order chi connectivity index (χ0) is 16.9. The Morgan fingerprint density at radius 1 is 1.17 bits per heavy atom. The van der Waals surface area contributed by atoms with Crippen LogP contribution in [0.5, 0.6) is 0 Å². The van der Waals surface area contributed by atoms with Crippen LogP contribution < -0.4 is 0 Å². The number of rotatable bonds is 1. The Balaban J connectivity index is 2.16. The molecule has 1 aromatic rings. The van der Waals surface area contributed by atoms with Gasteiger partial charge in [-0.05, 0) is 55.5 Å². The number of piperidine rings is 1. The average molecular weight is 381 g/mol. The number of hydroxylamine groups is 2. The maximum atomic E-state index is 12.9. The first-order chi connectivity index (χ1) is 10.8. The molecule has 0 saturated carbocycles. The standard InChI is InChI=1S/C17H21BrN2O3/c1-10-8-12(18)9-11(2)13(10)14-15(21)17(19(3)16(14)22)4-6-20(23)7-5-17/h8-9,21,23H,4-7H2,1-3H3. The molecule has 1 spiro atoms. The summed E-state index contributed by atoms with van der Waals surface area (Å²) in [6.45, 7) is 4.77. The van der Waals surface area contributed by atoms with Crippen LogP contribution in [-0.2, 0) is 4.79 Å². The molecule has 2 heterocycles. The Labute approximate surface area is 144 Å².